The van der Waals surface area contributed by atoms with Crippen LogP contribution in [0.25, 0.3) is 0 Å². The van der Waals surface area contributed by atoms with Gasteiger partial charge in [-0.2, -0.15) is 0 Å². The third-order valence-electron chi connectivity index (χ3n) is 3.40. The summed E-state index contributed by atoms with van der Waals surface area (Å²) in [6.45, 7) is 2.38. The molecule has 0 radical (unpaired) electrons. The van der Waals surface area contributed by atoms with Crippen LogP contribution in [-0.4, -0.2) is 35.1 Å². The molecule has 2 rings (SSSR count). The Hall–Kier alpha value is -0.570. The molecule has 2 fully saturated rings. The second-order valence-corrected chi connectivity index (χ2v) is 4.25. The first-order valence-corrected chi connectivity index (χ1v) is 5.24. The molecule has 3 nitrogen and oxygen atoms in total. The van der Waals surface area contributed by atoms with Gasteiger partial charge < -0.3 is 10.0 Å². The minimum atomic E-state index is -0.592. The molecule has 2 atom stereocenters. The lowest BCUT2D eigenvalue weighted by Gasteiger charge is -2.41. The Kier molecular flexibility index (Phi) is 2.54. The number of likely N-dealkylation sites (tertiary alicyclic amines) is 1. The quantitative estimate of drug-likeness (QED) is 0.702. The van der Waals surface area contributed by atoms with Gasteiger partial charge in [0.25, 0.3) is 0 Å². The molecule has 0 aromatic carbocycles. The van der Waals surface area contributed by atoms with Crippen LogP contribution in [-0.2, 0) is 4.79 Å². The summed E-state index contributed by atoms with van der Waals surface area (Å²) in [4.78, 5) is 13.2. The zero-order chi connectivity index (χ0) is 9.26. The minimum absolute atomic E-state index is 0.0700. The Balaban J connectivity index is 1.87. The summed E-state index contributed by atoms with van der Waals surface area (Å²) in [5.74, 6) is -0.662. The highest BCUT2D eigenvalue weighted by Crippen LogP contribution is 2.30. The van der Waals surface area contributed by atoms with Crippen molar-refractivity contribution < 1.29 is 9.90 Å². The highest BCUT2D eigenvalue weighted by atomic mass is 16.4. The molecule has 74 valence electrons. The van der Waals surface area contributed by atoms with Gasteiger partial charge in [-0.3, -0.25) is 4.79 Å². The summed E-state index contributed by atoms with van der Waals surface area (Å²) >= 11 is 0. The fraction of sp³-hybridized carbons (Fsp3) is 0.900. The van der Waals surface area contributed by atoms with E-state index in [9.17, 15) is 4.79 Å². The number of hydrogen-bond acceptors (Lipinski definition) is 2. The summed E-state index contributed by atoms with van der Waals surface area (Å²) in [6, 6.07) is 0.573. The van der Waals surface area contributed by atoms with E-state index in [0.717, 1.165) is 19.3 Å². The molecule has 2 unspecified atom stereocenters. The largest absolute Gasteiger partial charge is 0.481 e. The number of hydrogen-bond donors (Lipinski definition) is 1. The summed E-state index contributed by atoms with van der Waals surface area (Å²) in [6.07, 6.45) is 5.38. The predicted molar refractivity (Wildman–Crippen MR) is 49.6 cm³/mol. The Labute approximate surface area is 78.7 Å². The molecule has 1 heterocycles. The fourth-order valence-corrected chi connectivity index (χ4v) is 2.43. The van der Waals surface area contributed by atoms with E-state index in [1.807, 2.05) is 0 Å². The van der Waals surface area contributed by atoms with E-state index < -0.39 is 5.97 Å². The molecule has 1 saturated carbocycles. The van der Waals surface area contributed by atoms with Gasteiger partial charge in [-0.1, -0.05) is 6.42 Å². The molecule has 2 aliphatic rings. The van der Waals surface area contributed by atoms with Crippen molar-refractivity contribution >= 4 is 5.97 Å². The van der Waals surface area contributed by atoms with Crippen LogP contribution in [0.1, 0.15) is 32.1 Å². The number of aliphatic carboxylic acids is 1. The predicted octanol–water partition coefficient (Wildman–Crippen LogP) is 1.34. The third kappa shape index (κ3) is 1.85. The van der Waals surface area contributed by atoms with Crippen LogP contribution in [0.15, 0.2) is 0 Å². The first-order valence-electron chi connectivity index (χ1n) is 5.24. The lowest BCUT2D eigenvalue weighted by Crippen LogP contribution is -2.47. The fourth-order valence-electron chi connectivity index (χ4n) is 2.43. The van der Waals surface area contributed by atoms with E-state index in [4.69, 9.17) is 5.11 Å². The Morgan fingerprint density at radius 3 is 2.54 bits per heavy atom. The van der Waals surface area contributed by atoms with Gasteiger partial charge in [-0.05, 0) is 38.8 Å². The van der Waals surface area contributed by atoms with E-state index in [1.54, 1.807) is 0 Å². The SMILES string of the molecule is O=C(O)C1CCCC(N2CCC2)C1. The summed E-state index contributed by atoms with van der Waals surface area (Å²) in [5.41, 5.74) is 0. The second-order valence-electron chi connectivity index (χ2n) is 4.25. The van der Waals surface area contributed by atoms with Gasteiger partial charge in [0.2, 0.25) is 0 Å². The van der Waals surface area contributed by atoms with Crippen molar-refractivity contribution in [3.8, 4) is 0 Å². The van der Waals surface area contributed by atoms with E-state index in [2.05, 4.69) is 4.90 Å². The van der Waals surface area contributed by atoms with Crippen LogP contribution in [0.3, 0.4) is 0 Å². The average Bonchev–Trinajstić information content (AvgIpc) is 2.01. The maximum absolute atomic E-state index is 10.8. The zero-order valence-corrected chi connectivity index (χ0v) is 7.91. The standard InChI is InChI=1S/C10H17NO2/c12-10(13)8-3-1-4-9(7-8)11-5-2-6-11/h8-9H,1-7H2,(H,12,13). The van der Waals surface area contributed by atoms with E-state index in [1.165, 1.54) is 25.9 Å². The van der Waals surface area contributed by atoms with Gasteiger partial charge >= 0.3 is 5.97 Å². The first kappa shape index (κ1) is 9.00. The Bertz CT molecular complexity index is 201. The van der Waals surface area contributed by atoms with Crippen molar-refractivity contribution in [2.45, 2.75) is 38.1 Å². The molecule has 0 spiro atoms. The number of carboxylic acid groups (broad SMARTS) is 1. The van der Waals surface area contributed by atoms with Crippen molar-refractivity contribution in [3.05, 3.63) is 0 Å². The highest BCUT2D eigenvalue weighted by Gasteiger charge is 2.32. The molecule has 0 amide bonds. The molecule has 1 aliphatic heterocycles. The maximum atomic E-state index is 10.8. The molecule has 0 aromatic heterocycles. The average molecular weight is 183 g/mol. The van der Waals surface area contributed by atoms with E-state index >= 15 is 0 Å². The summed E-state index contributed by atoms with van der Waals surface area (Å²) in [5, 5.41) is 8.91. The lowest BCUT2D eigenvalue weighted by molar-refractivity contribution is -0.143. The molecule has 1 aliphatic carbocycles. The van der Waals surface area contributed by atoms with Crippen LogP contribution < -0.4 is 0 Å². The minimum Gasteiger partial charge on any atom is -0.481 e. The first-order chi connectivity index (χ1) is 6.27. The van der Waals surface area contributed by atoms with Gasteiger partial charge in [0.05, 0.1) is 5.92 Å². The van der Waals surface area contributed by atoms with E-state index in [-0.39, 0.29) is 5.92 Å². The van der Waals surface area contributed by atoms with Crippen molar-refractivity contribution in [2.24, 2.45) is 5.92 Å². The molecular weight excluding hydrogens is 166 g/mol. The Morgan fingerprint density at radius 1 is 1.23 bits per heavy atom. The van der Waals surface area contributed by atoms with E-state index in [0.29, 0.717) is 6.04 Å². The van der Waals surface area contributed by atoms with Gasteiger partial charge in [-0.25, -0.2) is 0 Å². The lowest BCUT2D eigenvalue weighted by atomic mass is 9.84. The van der Waals surface area contributed by atoms with Crippen molar-refractivity contribution in [1.82, 2.24) is 4.90 Å². The number of rotatable bonds is 2. The maximum Gasteiger partial charge on any atom is 0.306 e. The smallest absolute Gasteiger partial charge is 0.306 e. The van der Waals surface area contributed by atoms with Crippen molar-refractivity contribution in [2.75, 3.05) is 13.1 Å². The molecule has 1 saturated heterocycles. The van der Waals surface area contributed by atoms with Gasteiger partial charge in [-0.15, -0.1) is 0 Å². The normalized spacial score (nSPS) is 35.4. The number of carbonyl (C=O) groups is 1. The number of carboxylic acids is 1. The third-order valence-corrected chi connectivity index (χ3v) is 3.40. The molecule has 0 bridgehead atoms. The van der Waals surface area contributed by atoms with Crippen LogP contribution >= 0.6 is 0 Å². The highest BCUT2D eigenvalue weighted by molar-refractivity contribution is 5.70. The van der Waals surface area contributed by atoms with Crippen molar-refractivity contribution in [3.63, 3.8) is 0 Å². The summed E-state index contributed by atoms with van der Waals surface area (Å²) < 4.78 is 0. The van der Waals surface area contributed by atoms with Crippen LogP contribution in [0.4, 0.5) is 0 Å². The van der Waals surface area contributed by atoms with Gasteiger partial charge in [0, 0.05) is 6.04 Å². The number of nitrogens with zero attached hydrogens (tertiary/aromatic N) is 1. The molecule has 13 heavy (non-hydrogen) atoms. The topological polar surface area (TPSA) is 40.5 Å². The van der Waals surface area contributed by atoms with Crippen LogP contribution in [0.2, 0.25) is 0 Å². The molecular formula is C10H17NO2. The zero-order valence-electron chi connectivity index (χ0n) is 7.91. The van der Waals surface area contributed by atoms with Gasteiger partial charge in [0.15, 0.2) is 0 Å². The van der Waals surface area contributed by atoms with Gasteiger partial charge in [0.1, 0.15) is 0 Å². The van der Waals surface area contributed by atoms with Crippen LogP contribution in [0, 0.1) is 5.92 Å². The molecule has 3 heteroatoms. The summed E-state index contributed by atoms with van der Waals surface area (Å²) in [7, 11) is 0. The second kappa shape index (κ2) is 3.66. The van der Waals surface area contributed by atoms with Crippen LogP contribution in [0.5, 0.6) is 0 Å². The Morgan fingerprint density at radius 2 is 2.00 bits per heavy atom. The van der Waals surface area contributed by atoms with Crippen molar-refractivity contribution in [1.29, 1.82) is 0 Å². The monoisotopic (exact) mass is 183 g/mol. The molecule has 1 N–H and O–H groups in total. The molecule has 0 aromatic rings.